The lowest BCUT2D eigenvalue weighted by Crippen LogP contribution is -2.41. The van der Waals surface area contributed by atoms with Gasteiger partial charge in [-0.15, -0.1) is 5.10 Å². The summed E-state index contributed by atoms with van der Waals surface area (Å²) in [7, 11) is 0. The number of hydrogen-bond donors (Lipinski definition) is 2. The van der Waals surface area contributed by atoms with E-state index in [-0.39, 0.29) is 36.2 Å². The van der Waals surface area contributed by atoms with Gasteiger partial charge in [0.15, 0.2) is 5.82 Å². The molecule has 2 N–H and O–H groups in total. The number of amides is 2. The topological polar surface area (TPSA) is 81.0 Å². The van der Waals surface area contributed by atoms with Gasteiger partial charge < -0.3 is 10.6 Å². The van der Waals surface area contributed by atoms with E-state index in [9.17, 15) is 14.0 Å². The molecular formula is C17H22FN5O2. The summed E-state index contributed by atoms with van der Waals surface area (Å²) < 4.78 is 16.2. The molecule has 7 nitrogen and oxygen atoms in total. The van der Waals surface area contributed by atoms with Crippen molar-refractivity contribution in [3.05, 3.63) is 40.6 Å². The molecule has 1 aliphatic carbocycles. The molecule has 134 valence electrons. The molecule has 2 amide bonds. The standard InChI is InChI=1S/C17H22FN5O2/c1-11(2)20-16(24)19-9-10-22-17(25)23(14-7-8-14)15(21-22)12-3-5-13(18)6-4-12/h3-6,11,14H,7-10H2,1-2H3,(H2,19,20,24). The Kier molecular flexibility index (Phi) is 4.87. The highest BCUT2D eigenvalue weighted by Gasteiger charge is 2.30. The van der Waals surface area contributed by atoms with E-state index in [2.05, 4.69) is 15.7 Å². The number of nitrogens with zero attached hydrogens (tertiary/aromatic N) is 3. The Hall–Kier alpha value is -2.64. The zero-order valence-corrected chi connectivity index (χ0v) is 14.3. The first-order valence-electron chi connectivity index (χ1n) is 8.45. The van der Waals surface area contributed by atoms with Gasteiger partial charge in [0, 0.05) is 24.2 Å². The maximum absolute atomic E-state index is 13.2. The van der Waals surface area contributed by atoms with Crippen LogP contribution in [-0.2, 0) is 6.54 Å². The number of urea groups is 1. The van der Waals surface area contributed by atoms with Gasteiger partial charge in [0.1, 0.15) is 5.82 Å². The number of nitrogens with one attached hydrogen (secondary N) is 2. The Bertz CT molecular complexity index is 805. The molecule has 1 fully saturated rings. The normalized spacial score (nSPS) is 13.9. The fraction of sp³-hybridized carbons (Fsp3) is 0.471. The van der Waals surface area contributed by atoms with Crippen LogP contribution >= 0.6 is 0 Å². The van der Waals surface area contributed by atoms with Gasteiger partial charge in [-0.3, -0.25) is 4.57 Å². The summed E-state index contributed by atoms with van der Waals surface area (Å²) in [6.45, 7) is 4.31. The lowest BCUT2D eigenvalue weighted by Gasteiger charge is -2.09. The molecule has 2 aromatic rings. The number of halogens is 1. The maximum atomic E-state index is 13.2. The molecule has 0 unspecified atom stereocenters. The van der Waals surface area contributed by atoms with Gasteiger partial charge in [-0.25, -0.2) is 18.7 Å². The fourth-order valence-corrected chi connectivity index (χ4v) is 2.61. The molecule has 1 aromatic heterocycles. The summed E-state index contributed by atoms with van der Waals surface area (Å²) in [6, 6.07) is 5.87. The lowest BCUT2D eigenvalue weighted by molar-refractivity contribution is 0.238. The molecule has 25 heavy (non-hydrogen) atoms. The summed E-state index contributed by atoms with van der Waals surface area (Å²) in [6.07, 6.45) is 1.88. The average molecular weight is 347 g/mol. The zero-order valence-electron chi connectivity index (χ0n) is 14.3. The van der Waals surface area contributed by atoms with Gasteiger partial charge in [-0.05, 0) is 51.0 Å². The Morgan fingerprint density at radius 1 is 1.32 bits per heavy atom. The Morgan fingerprint density at radius 3 is 2.60 bits per heavy atom. The second-order valence-corrected chi connectivity index (χ2v) is 6.49. The molecule has 0 saturated heterocycles. The van der Waals surface area contributed by atoms with Crippen LogP contribution in [-0.4, -0.2) is 33.0 Å². The highest BCUT2D eigenvalue weighted by atomic mass is 19.1. The molecule has 0 atom stereocenters. The summed E-state index contributed by atoms with van der Waals surface area (Å²) in [4.78, 5) is 24.2. The van der Waals surface area contributed by atoms with Crippen LogP contribution in [0.2, 0.25) is 0 Å². The van der Waals surface area contributed by atoms with Gasteiger partial charge in [-0.1, -0.05) is 0 Å². The van der Waals surface area contributed by atoms with Crippen molar-refractivity contribution in [1.82, 2.24) is 25.0 Å². The van der Waals surface area contributed by atoms with Crippen molar-refractivity contribution in [2.24, 2.45) is 0 Å². The Labute approximate surface area is 144 Å². The second-order valence-electron chi connectivity index (χ2n) is 6.49. The molecule has 8 heteroatoms. The lowest BCUT2D eigenvalue weighted by atomic mass is 10.2. The third kappa shape index (κ3) is 4.07. The minimum absolute atomic E-state index is 0.0434. The first-order valence-corrected chi connectivity index (χ1v) is 8.45. The van der Waals surface area contributed by atoms with Crippen molar-refractivity contribution in [3.63, 3.8) is 0 Å². The van der Waals surface area contributed by atoms with Crippen LogP contribution in [0, 0.1) is 5.82 Å². The predicted molar refractivity (Wildman–Crippen MR) is 91.8 cm³/mol. The third-order valence-electron chi connectivity index (χ3n) is 3.91. The minimum Gasteiger partial charge on any atom is -0.336 e. The maximum Gasteiger partial charge on any atom is 0.346 e. The first-order chi connectivity index (χ1) is 12.0. The van der Waals surface area contributed by atoms with E-state index in [0.717, 1.165) is 12.8 Å². The van der Waals surface area contributed by atoms with E-state index in [1.165, 1.54) is 16.8 Å². The van der Waals surface area contributed by atoms with Crippen LogP contribution in [0.3, 0.4) is 0 Å². The van der Waals surface area contributed by atoms with E-state index < -0.39 is 0 Å². The Balaban J connectivity index is 1.77. The second kappa shape index (κ2) is 7.08. The van der Waals surface area contributed by atoms with Crippen molar-refractivity contribution in [1.29, 1.82) is 0 Å². The molecule has 0 spiro atoms. The van der Waals surface area contributed by atoms with Crippen molar-refractivity contribution >= 4 is 6.03 Å². The van der Waals surface area contributed by atoms with Crippen LogP contribution < -0.4 is 16.3 Å². The van der Waals surface area contributed by atoms with E-state index in [1.807, 2.05) is 13.8 Å². The van der Waals surface area contributed by atoms with Gasteiger partial charge >= 0.3 is 11.7 Å². The SMILES string of the molecule is CC(C)NC(=O)NCCn1nc(-c2ccc(F)cc2)n(C2CC2)c1=O. The van der Waals surface area contributed by atoms with Crippen molar-refractivity contribution in [3.8, 4) is 11.4 Å². The molecule has 0 bridgehead atoms. The molecule has 1 aliphatic rings. The third-order valence-corrected chi connectivity index (χ3v) is 3.91. The van der Waals surface area contributed by atoms with Crippen LogP contribution in [0.15, 0.2) is 29.1 Å². The highest BCUT2D eigenvalue weighted by Crippen LogP contribution is 2.36. The number of carbonyl (C=O) groups excluding carboxylic acids is 1. The number of aromatic nitrogens is 3. The fourth-order valence-electron chi connectivity index (χ4n) is 2.61. The van der Waals surface area contributed by atoms with Crippen LogP contribution in [0.5, 0.6) is 0 Å². The zero-order chi connectivity index (χ0) is 18.0. The molecule has 0 aliphatic heterocycles. The summed E-state index contributed by atoms with van der Waals surface area (Å²) in [5.41, 5.74) is 0.502. The average Bonchev–Trinajstić information content (AvgIpc) is 3.33. The summed E-state index contributed by atoms with van der Waals surface area (Å²) >= 11 is 0. The van der Waals surface area contributed by atoms with Gasteiger partial charge in [-0.2, -0.15) is 0 Å². The number of carbonyl (C=O) groups is 1. The van der Waals surface area contributed by atoms with Crippen molar-refractivity contribution in [2.75, 3.05) is 6.54 Å². The number of rotatable bonds is 6. The predicted octanol–water partition coefficient (Wildman–Crippen LogP) is 1.89. The molecular weight excluding hydrogens is 325 g/mol. The summed E-state index contributed by atoms with van der Waals surface area (Å²) in [5.74, 6) is 0.211. The molecule has 0 radical (unpaired) electrons. The molecule has 1 heterocycles. The van der Waals surface area contributed by atoms with E-state index in [0.29, 0.717) is 17.9 Å². The van der Waals surface area contributed by atoms with Gasteiger partial charge in [0.2, 0.25) is 0 Å². The van der Waals surface area contributed by atoms with E-state index in [4.69, 9.17) is 0 Å². The molecule has 3 rings (SSSR count). The van der Waals surface area contributed by atoms with E-state index in [1.54, 1.807) is 16.7 Å². The van der Waals surface area contributed by atoms with Crippen LogP contribution in [0.4, 0.5) is 9.18 Å². The van der Waals surface area contributed by atoms with Gasteiger partial charge in [0.25, 0.3) is 0 Å². The minimum atomic E-state index is -0.330. The number of hydrogen-bond acceptors (Lipinski definition) is 3. The van der Waals surface area contributed by atoms with Crippen molar-refractivity contribution in [2.45, 2.75) is 45.3 Å². The quantitative estimate of drug-likeness (QED) is 0.837. The monoisotopic (exact) mass is 347 g/mol. The Morgan fingerprint density at radius 2 is 2.00 bits per heavy atom. The molecule has 1 saturated carbocycles. The highest BCUT2D eigenvalue weighted by molar-refractivity contribution is 5.74. The van der Waals surface area contributed by atoms with Gasteiger partial charge in [0.05, 0.1) is 6.54 Å². The number of benzene rings is 1. The van der Waals surface area contributed by atoms with Crippen molar-refractivity contribution < 1.29 is 9.18 Å². The summed E-state index contributed by atoms with van der Waals surface area (Å²) in [5, 5.41) is 9.82. The van der Waals surface area contributed by atoms with Crippen LogP contribution in [0.25, 0.3) is 11.4 Å². The van der Waals surface area contributed by atoms with E-state index >= 15 is 0 Å². The smallest absolute Gasteiger partial charge is 0.336 e. The van der Waals surface area contributed by atoms with Crippen LogP contribution in [0.1, 0.15) is 32.7 Å². The molecule has 1 aromatic carbocycles. The first kappa shape index (κ1) is 17.2. The largest absolute Gasteiger partial charge is 0.346 e.